The first-order chi connectivity index (χ1) is 8.49. The van der Waals surface area contributed by atoms with Gasteiger partial charge in [-0.05, 0) is 32.3 Å². The second-order valence-corrected chi connectivity index (χ2v) is 4.85. The number of aliphatic carboxylic acids is 1. The van der Waals surface area contributed by atoms with Crippen molar-refractivity contribution in [2.45, 2.75) is 6.42 Å². The quantitative estimate of drug-likeness (QED) is 0.825. The molecule has 0 aliphatic carbocycles. The van der Waals surface area contributed by atoms with Gasteiger partial charge in [0, 0.05) is 30.3 Å². The molecule has 0 amide bonds. The van der Waals surface area contributed by atoms with Crippen LogP contribution in [-0.2, 0) is 4.79 Å². The lowest BCUT2D eigenvalue weighted by molar-refractivity contribution is -0.136. The second kappa shape index (κ2) is 7.24. The highest BCUT2D eigenvalue weighted by Crippen LogP contribution is 2.19. The molecule has 0 radical (unpaired) electrons. The van der Waals surface area contributed by atoms with Gasteiger partial charge in [-0.15, -0.1) is 0 Å². The lowest BCUT2D eigenvalue weighted by Gasteiger charge is -2.26. The van der Waals surface area contributed by atoms with Crippen molar-refractivity contribution in [3.8, 4) is 0 Å². The first kappa shape index (κ1) is 14.8. The minimum Gasteiger partial charge on any atom is -0.481 e. The Morgan fingerprint density at radius 3 is 2.56 bits per heavy atom. The molecule has 4 nitrogen and oxygen atoms in total. The molecule has 100 valence electrons. The monoisotopic (exact) mass is 270 g/mol. The lowest BCUT2D eigenvalue weighted by Crippen LogP contribution is -2.33. The molecule has 1 rings (SSSR count). The zero-order valence-corrected chi connectivity index (χ0v) is 11.5. The fourth-order valence-corrected chi connectivity index (χ4v) is 1.78. The first-order valence-electron chi connectivity index (χ1n) is 5.86. The summed E-state index contributed by atoms with van der Waals surface area (Å²) in [4.78, 5) is 14.8. The molecule has 0 fully saturated rings. The van der Waals surface area contributed by atoms with Crippen LogP contribution in [0.25, 0.3) is 0 Å². The van der Waals surface area contributed by atoms with Crippen LogP contribution < -0.4 is 4.90 Å². The van der Waals surface area contributed by atoms with Gasteiger partial charge in [-0.25, -0.2) is 0 Å². The number of rotatable bonds is 7. The predicted molar refractivity (Wildman–Crippen MR) is 74.5 cm³/mol. The smallest absolute Gasteiger partial charge is 0.305 e. The van der Waals surface area contributed by atoms with Crippen molar-refractivity contribution in [1.82, 2.24) is 4.90 Å². The summed E-state index contributed by atoms with van der Waals surface area (Å²) < 4.78 is 0. The van der Waals surface area contributed by atoms with Crippen LogP contribution in [0.3, 0.4) is 0 Å². The van der Waals surface area contributed by atoms with E-state index in [4.69, 9.17) is 16.7 Å². The van der Waals surface area contributed by atoms with Crippen molar-refractivity contribution < 1.29 is 9.90 Å². The number of nitrogens with zero attached hydrogens (tertiary/aromatic N) is 2. The summed E-state index contributed by atoms with van der Waals surface area (Å²) in [6.07, 6.45) is 0.125. The Labute approximate surface area is 113 Å². The number of halogens is 1. The van der Waals surface area contributed by atoms with Gasteiger partial charge in [-0.1, -0.05) is 17.7 Å². The number of carbonyl (C=O) groups is 1. The minimum atomic E-state index is -0.785. The molecule has 5 heteroatoms. The summed E-state index contributed by atoms with van der Waals surface area (Å²) in [5.74, 6) is -0.785. The third-order valence-electron chi connectivity index (χ3n) is 2.59. The van der Waals surface area contributed by atoms with Crippen molar-refractivity contribution in [3.63, 3.8) is 0 Å². The van der Waals surface area contributed by atoms with Crippen LogP contribution >= 0.6 is 11.6 Å². The van der Waals surface area contributed by atoms with Gasteiger partial charge < -0.3 is 14.9 Å². The van der Waals surface area contributed by atoms with Crippen LogP contribution in [0.4, 0.5) is 5.69 Å². The summed E-state index contributed by atoms with van der Waals surface area (Å²) in [7, 11) is 3.99. The molecule has 1 aromatic rings. The number of hydrogen-bond donors (Lipinski definition) is 1. The largest absolute Gasteiger partial charge is 0.481 e. The molecule has 1 aromatic carbocycles. The van der Waals surface area contributed by atoms with E-state index in [1.165, 1.54) is 0 Å². The van der Waals surface area contributed by atoms with E-state index in [2.05, 4.69) is 4.90 Å². The third-order valence-corrected chi connectivity index (χ3v) is 2.82. The molecule has 1 N–H and O–H groups in total. The Hall–Kier alpha value is -1.26. The summed E-state index contributed by atoms with van der Waals surface area (Å²) in [5.41, 5.74) is 0.964. The number of carboxylic acids is 1. The molecule has 18 heavy (non-hydrogen) atoms. The van der Waals surface area contributed by atoms with Crippen molar-refractivity contribution in [2.75, 3.05) is 38.6 Å². The highest BCUT2D eigenvalue weighted by molar-refractivity contribution is 6.30. The van der Waals surface area contributed by atoms with E-state index in [0.717, 1.165) is 18.8 Å². The predicted octanol–water partition coefficient (Wildman–Crippen LogP) is 2.18. The fraction of sp³-hybridized carbons (Fsp3) is 0.462. The Morgan fingerprint density at radius 1 is 1.28 bits per heavy atom. The van der Waals surface area contributed by atoms with E-state index in [0.29, 0.717) is 11.6 Å². The van der Waals surface area contributed by atoms with Gasteiger partial charge in [0.15, 0.2) is 0 Å². The first-order valence-corrected chi connectivity index (χ1v) is 6.24. The van der Waals surface area contributed by atoms with Crippen LogP contribution in [0.15, 0.2) is 24.3 Å². The highest BCUT2D eigenvalue weighted by Gasteiger charge is 2.09. The van der Waals surface area contributed by atoms with Crippen LogP contribution in [0.2, 0.25) is 5.02 Å². The third kappa shape index (κ3) is 5.38. The maximum atomic E-state index is 10.7. The van der Waals surface area contributed by atoms with E-state index >= 15 is 0 Å². The van der Waals surface area contributed by atoms with Gasteiger partial charge in [-0.2, -0.15) is 0 Å². The van der Waals surface area contributed by atoms with Crippen molar-refractivity contribution in [3.05, 3.63) is 29.3 Å². The summed E-state index contributed by atoms with van der Waals surface area (Å²) in [6, 6.07) is 7.50. The Bertz CT molecular complexity index is 396. The molecule has 0 bridgehead atoms. The van der Waals surface area contributed by atoms with E-state index in [9.17, 15) is 4.79 Å². The van der Waals surface area contributed by atoms with Crippen LogP contribution in [0.5, 0.6) is 0 Å². The molecule has 0 aliphatic heterocycles. The Kier molecular flexibility index (Phi) is 5.95. The lowest BCUT2D eigenvalue weighted by atomic mass is 10.2. The molecule has 0 aromatic heterocycles. The normalized spacial score (nSPS) is 10.7. The second-order valence-electron chi connectivity index (χ2n) is 4.41. The average Bonchev–Trinajstić information content (AvgIpc) is 2.28. The fourth-order valence-electron chi connectivity index (χ4n) is 1.59. The number of carboxylic acid groups (broad SMARTS) is 1. The minimum absolute atomic E-state index is 0.125. The Morgan fingerprint density at radius 2 is 2.00 bits per heavy atom. The van der Waals surface area contributed by atoms with Crippen molar-refractivity contribution in [1.29, 1.82) is 0 Å². The van der Waals surface area contributed by atoms with E-state index < -0.39 is 5.97 Å². The number of benzene rings is 1. The highest BCUT2D eigenvalue weighted by atomic mass is 35.5. The number of likely N-dealkylation sites (N-methyl/N-ethyl adjacent to an activating group) is 1. The van der Waals surface area contributed by atoms with E-state index in [-0.39, 0.29) is 6.42 Å². The van der Waals surface area contributed by atoms with E-state index in [1.807, 2.05) is 43.3 Å². The van der Waals surface area contributed by atoms with E-state index in [1.54, 1.807) is 0 Å². The average molecular weight is 271 g/mol. The van der Waals surface area contributed by atoms with Gasteiger partial charge >= 0.3 is 5.97 Å². The zero-order chi connectivity index (χ0) is 13.5. The topological polar surface area (TPSA) is 43.8 Å². The van der Waals surface area contributed by atoms with Gasteiger partial charge in [-0.3, -0.25) is 4.79 Å². The molecule has 0 atom stereocenters. The van der Waals surface area contributed by atoms with Crippen LogP contribution in [-0.4, -0.2) is 49.7 Å². The van der Waals surface area contributed by atoms with Gasteiger partial charge in [0.2, 0.25) is 0 Å². The molecular formula is C13H19ClN2O2. The maximum absolute atomic E-state index is 10.7. The van der Waals surface area contributed by atoms with Gasteiger partial charge in [0.25, 0.3) is 0 Å². The molecule has 0 unspecified atom stereocenters. The summed E-state index contributed by atoms with van der Waals surface area (Å²) in [5, 5.41) is 9.44. The van der Waals surface area contributed by atoms with Crippen molar-refractivity contribution in [2.24, 2.45) is 0 Å². The zero-order valence-electron chi connectivity index (χ0n) is 10.8. The standard InChI is InChI=1S/C13H19ClN2O2/c1-15(2)8-9-16(7-6-13(17)18)12-5-3-4-11(14)10-12/h3-5,10H,6-9H2,1-2H3,(H,17,18). The number of anilines is 1. The van der Waals surface area contributed by atoms with Crippen LogP contribution in [0, 0.1) is 0 Å². The summed E-state index contributed by atoms with van der Waals surface area (Å²) in [6.45, 7) is 2.14. The van der Waals surface area contributed by atoms with Gasteiger partial charge in [0.1, 0.15) is 0 Å². The summed E-state index contributed by atoms with van der Waals surface area (Å²) >= 11 is 5.96. The van der Waals surface area contributed by atoms with Crippen LogP contribution in [0.1, 0.15) is 6.42 Å². The SMILES string of the molecule is CN(C)CCN(CCC(=O)O)c1cccc(Cl)c1. The maximum Gasteiger partial charge on any atom is 0.305 e. The molecular weight excluding hydrogens is 252 g/mol. The molecule has 0 saturated carbocycles. The molecule has 0 aliphatic rings. The Balaban J connectivity index is 2.72. The molecule has 0 spiro atoms. The van der Waals surface area contributed by atoms with Gasteiger partial charge in [0.05, 0.1) is 6.42 Å². The molecule has 0 saturated heterocycles. The molecule has 0 heterocycles. The number of hydrogen-bond acceptors (Lipinski definition) is 3. The van der Waals surface area contributed by atoms with Crippen molar-refractivity contribution >= 4 is 23.3 Å².